The lowest BCUT2D eigenvalue weighted by molar-refractivity contribution is -0.143. The highest BCUT2D eigenvalue weighted by molar-refractivity contribution is 5.81. The number of amides is 1. The molecule has 0 radical (unpaired) electrons. The quantitative estimate of drug-likeness (QED) is 0.801. The van der Waals surface area contributed by atoms with Crippen molar-refractivity contribution in [2.45, 2.75) is 26.7 Å². The van der Waals surface area contributed by atoms with Crippen LogP contribution in [0.5, 0.6) is 0 Å². The molecule has 1 fully saturated rings. The molecule has 122 valence electrons. The van der Waals surface area contributed by atoms with Crippen LogP contribution in [0.15, 0.2) is 30.3 Å². The van der Waals surface area contributed by atoms with Gasteiger partial charge in [0.1, 0.15) is 0 Å². The minimum atomic E-state index is -0.332. The van der Waals surface area contributed by atoms with Crippen LogP contribution in [0, 0.1) is 0 Å². The van der Waals surface area contributed by atoms with Crippen molar-refractivity contribution in [3.63, 3.8) is 0 Å². The van der Waals surface area contributed by atoms with E-state index in [9.17, 15) is 9.59 Å². The summed E-state index contributed by atoms with van der Waals surface area (Å²) in [6.07, 6.45) is 0.395. The highest BCUT2D eigenvalue weighted by Crippen LogP contribution is 2.16. The largest absolute Gasteiger partial charge is 0.469 e. The van der Waals surface area contributed by atoms with E-state index in [1.807, 2.05) is 36.9 Å². The summed E-state index contributed by atoms with van der Waals surface area (Å²) in [5.41, 5.74) is 1.19. The average Bonchev–Trinajstić information content (AvgIpc) is 2.62. The SMILES string of the molecule is CC.COC(=O)CCC(=O)N1CCN(c2ccccc2)CC1. The van der Waals surface area contributed by atoms with Crippen molar-refractivity contribution in [1.82, 2.24) is 4.90 Å². The first-order chi connectivity index (χ1) is 10.7. The van der Waals surface area contributed by atoms with E-state index in [4.69, 9.17) is 0 Å². The molecule has 1 heterocycles. The summed E-state index contributed by atoms with van der Waals surface area (Å²) >= 11 is 0. The highest BCUT2D eigenvalue weighted by Gasteiger charge is 2.21. The van der Waals surface area contributed by atoms with Gasteiger partial charge >= 0.3 is 5.97 Å². The maximum atomic E-state index is 12.0. The van der Waals surface area contributed by atoms with Crippen LogP contribution in [0.4, 0.5) is 5.69 Å². The number of hydrogen-bond acceptors (Lipinski definition) is 4. The number of ether oxygens (including phenoxy) is 1. The molecule has 0 atom stereocenters. The fraction of sp³-hybridized carbons (Fsp3) is 0.529. The first-order valence-corrected chi connectivity index (χ1v) is 7.85. The molecule has 22 heavy (non-hydrogen) atoms. The molecular weight excluding hydrogens is 280 g/mol. The Morgan fingerprint density at radius 1 is 1.00 bits per heavy atom. The number of rotatable bonds is 4. The summed E-state index contributed by atoms with van der Waals surface area (Å²) in [5, 5.41) is 0. The Hall–Kier alpha value is -2.04. The predicted octanol–water partition coefficient (Wildman–Crippen LogP) is 2.31. The number of para-hydroxylation sites is 1. The van der Waals surface area contributed by atoms with Gasteiger partial charge in [0, 0.05) is 38.3 Å². The summed E-state index contributed by atoms with van der Waals surface area (Å²) in [5.74, 6) is -0.301. The number of methoxy groups -OCH3 is 1. The average molecular weight is 306 g/mol. The Morgan fingerprint density at radius 2 is 1.59 bits per heavy atom. The fourth-order valence-electron chi connectivity index (χ4n) is 2.32. The smallest absolute Gasteiger partial charge is 0.306 e. The standard InChI is InChI=1S/C15H20N2O3.C2H6/c1-20-15(19)8-7-14(18)17-11-9-16(10-12-17)13-5-3-2-4-6-13;1-2/h2-6H,7-12H2,1H3;1-2H3. The molecule has 1 aromatic rings. The topological polar surface area (TPSA) is 49.9 Å². The molecular formula is C17H26N2O3. The van der Waals surface area contributed by atoms with Gasteiger partial charge < -0.3 is 14.5 Å². The highest BCUT2D eigenvalue weighted by atomic mass is 16.5. The van der Waals surface area contributed by atoms with Gasteiger partial charge in [0.15, 0.2) is 0 Å². The van der Waals surface area contributed by atoms with Crippen molar-refractivity contribution >= 4 is 17.6 Å². The number of carbonyl (C=O) groups excluding carboxylic acids is 2. The molecule has 1 amide bonds. The Bertz CT molecular complexity index is 454. The second-order valence-electron chi connectivity index (χ2n) is 4.78. The third kappa shape index (κ3) is 5.39. The zero-order valence-corrected chi connectivity index (χ0v) is 13.7. The number of piperazine rings is 1. The zero-order chi connectivity index (χ0) is 16.4. The van der Waals surface area contributed by atoms with Crippen LogP contribution in [0.3, 0.4) is 0 Å². The Labute approximate surface area is 132 Å². The monoisotopic (exact) mass is 306 g/mol. The summed E-state index contributed by atoms with van der Waals surface area (Å²) in [7, 11) is 1.34. The third-order valence-electron chi connectivity index (χ3n) is 3.52. The van der Waals surface area contributed by atoms with Crippen molar-refractivity contribution in [3.8, 4) is 0 Å². The van der Waals surface area contributed by atoms with Gasteiger partial charge in [-0.2, -0.15) is 0 Å². The lowest BCUT2D eigenvalue weighted by atomic mass is 10.2. The summed E-state index contributed by atoms with van der Waals surface area (Å²) < 4.78 is 4.54. The van der Waals surface area contributed by atoms with Gasteiger partial charge in [0.05, 0.1) is 13.5 Å². The van der Waals surface area contributed by atoms with Gasteiger partial charge in [-0.1, -0.05) is 32.0 Å². The first kappa shape index (κ1) is 18.0. The molecule has 0 saturated carbocycles. The first-order valence-electron chi connectivity index (χ1n) is 7.85. The minimum absolute atomic E-state index is 0.0307. The molecule has 0 aromatic heterocycles. The van der Waals surface area contributed by atoms with Crippen molar-refractivity contribution in [2.24, 2.45) is 0 Å². The molecule has 0 spiro atoms. The van der Waals surface area contributed by atoms with E-state index in [0.717, 1.165) is 13.1 Å². The second-order valence-corrected chi connectivity index (χ2v) is 4.78. The molecule has 5 nitrogen and oxygen atoms in total. The van der Waals surface area contributed by atoms with Crippen LogP contribution in [0.2, 0.25) is 0 Å². The Kier molecular flexibility index (Phi) is 8.04. The molecule has 2 rings (SSSR count). The Balaban J connectivity index is 0.00000116. The number of nitrogens with zero attached hydrogens (tertiary/aromatic N) is 2. The van der Waals surface area contributed by atoms with Gasteiger partial charge in [-0.05, 0) is 12.1 Å². The number of anilines is 1. The molecule has 1 aromatic carbocycles. The van der Waals surface area contributed by atoms with Crippen LogP contribution < -0.4 is 4.90 Å². The van der Waals surface area contributed by atoms with Gasteiger partial charge in [-0.15, -0.1) is 0 Å². The molecule has 1 saturated heterocycles. The molecule has 5 heteroatoms. The number of hydrogen-bond donors (Lipinski definition) is 0. The van der Waals surface area contributed by atoms with Crippen molar-refractivity contribution in [1.29, 1.82) is 0 Å². The summed E-state index contributed by atoms with van der Waals surface area (Å²) in [6, 6.07) is 10.2. The summed E-state index contributed by atoms with van der Waals surface area (Å²) in [6.45, 7) is 7.06. The lowest BCUT2D eigenvalue weighted by Gasteiger charge is -2.36. The predicted molar refractivity (Wildman–Crippen MR) is 87.8 cm³/mol. The van der Waals surface area contributed by atoms with Gasteiger partial charge in [0.2, 0.25) is 5.91 Å². The Morgan fingerprint density at radius 3 is 2.14 bits per heavy atom. The normalized spacial score (nSPS) is 14.0. The van der Waals surface area contributed by atoms with E-state index < -0.39 is 0 Å². The van der Waals surface area contributed by atoms with Crippen molar-refractivity contribution in [3.05, 3.63) is 30.3 Å². The van der Waals surface area contributed by atoms with Crippen LogP contribution in [-0.4, -0.2) is 50.1 Å². The maximum Gasteiger partial charge on any atom is 0.306 e. The van der Waals surface area contributed by atoms with Gasteiger partial charge in [-0.3, -0.25) is 9.59 Å². The van der Waals surface area contributed by atoms with E-state index in [0.29, 0.717) is 13.1 Å². The van der Waals surface area contributed by atoms with Crippen LogP contribution in [0.25, 0.3) is 0 Å². The molecule has 0 aliphatic carbocycles. The lowest BCUT2D eigenvalue weighted by Crippen LogP contribution is -2.48. The van der Waals surface area contributed by atoms with Crippen LogP contribution in [-0.2, 0) is 14.3 Å². The minimum Gasteiger partial charge on any atom is -0.469 e. The van der Waals surface area contributed by atoms with Crippen molar-refractivity contribution in [2.75, 3.05) is 38.2 Å². The van der Waals surface area contributed by atoms with E-state index in [1.54, 1.807) is 0 Å². The second kappa shape index (κ2) is 9.82. The van der Waals surface area contributed by atoms with Gasteiger partial charge in [-0.25, -0.2) is 0 Å². The molecule has 0 bridgehead atoms. The zero-order valence-electron chi connectivity index (χ0n) is 13.7. The van der Waals surface area contributed by atoms with Gasteiger partial charge in [0.25, 0.3) is 0 Å². The third-order valence-corrected chi connectivity index (χ3v) is 3.52. The van der Waals surface area contributed by atoms with E-state index in [2.05, 4.69) is 21.8 Å². The molecule has 0 unspecified atom stereocenters. The maximum absolute atomic E-state index is 12.0. The fourth-order valence-corrected chi connectivity index (χ4v) is 2.32. The van der Waals surface area contributed by atoms with Crippen LogP contribution in [0.1, 0.15) is 26.7 Å². The van der Waals surface area contributed by atoms with Crippen LogP contribution >= 0.6 is 0 Å². The number of benzene rings is 1. The van der Waals surface area contributed by atoms with E-state index in [1.165, 1.54) is 12.8 Å². The van der Waals surface area contributed by atoms with Crippen molar-refractivity contribution < 1.29 is 14.3 Å². The molecule has 1 aliphatic rings. The van der Waals surface area contributed by atoms with E-state index in [-0.39, 0.29) is 24.7 Å². The summed E-state index contributed by atoms with van der Waals surface area (Å²) in [4.78, 5) is 27.1. The molecule has 1 aliphatic heterocycles. The number of esters is 1. The van der Waals surface area contributed by atoms with E-state index >= 15 is 0 Å². The molecule has 0 N–H and O–H groups in total. The number of carbonyl (C=O) groups is 2.